The number of anilines is 1. The van der Waals surface area contributed by atoms with Crippen LogP contribution < -0.4 is 14.8 Å². The number of benzene rings is 3. The normalized spacial score (nSPS) is 10.9. The van der Waals surface area contributed by atoms with Crippen molar-refractivity contribution in [1.29, 1.82) is 0 Å². The standard InChI is InChI=1S/C23H16BrN5O3/c1-31-14-10-11-16(24)15(12-14)22(30)26-18-7-3-5-9-20(18)32-23-21-28-25-13-29(21)19-8-4-2-6-17(19)27-23/h2-13H,1H3,(H,26,30). The van der Waals surface area contributed by atoms with Gasteiger partial charge in [-0.05, 0) is 58.4 Å². The van der Waals surface area contributed by atoms with E-state index in [2.05, 4.69) is 36.4 Å². The molecule has 5 rings (SSSR count). The Hall–Kier alpha value is -3.98. The zero-order chi connectivity index (χ0) is 22.1. The van der Waals surface area contributed by atoms with Crippen LogP contribution >= 0.6 is 15.9 Å². The van der Waals surface area contributed by atoms with Crippen LogP contribution in [0.15, 0.2) is 77.5 Å². The molecular weight excluding hydrogens is 474 g/mol. The van der Waals surface area contributed by atoms with E-state index in [0.717, 1.165) is 11.0 Å². The highest BCUT2D eigenvalue weighted by atomic mass is 79.9. The molecule has 0 aliphatic carbocycles. The molecule has 0 spiro atoms. The minimum atomic E-state index is -0.314. The Balaban J connectivity index is 1.51. The maximum atomic E-state index is 13.0. The molecule has 0 bridgehead atoms. The van der Waals surface area contributed by atoms with Crippen LogP contribution in [0.25, 0.3) is 16.7 Å². The third kappa shape index (κ3) is 3.63. The van der Waals surface area contributed by atoms with Crippen molar-refractivity contribution in [3.05, 3.63) is 83.1 Å². The van der Waals surface area contributed by atoms with Crippen molar-refractivity contribution in [2.75, 3.05) is 12.4 Å². The second-order valence-corrected chi connectivity index (χ2v) is 7.68. The highest BCUT2D eigenvalue weighted by Crippen LogP contribution is 2.32. The largest absolute Gasteiger partial charge is 0.497 e. The minimum absolute atomic E-state index is 0.283. The first-order valence-corrected chi connectivity index (χ1v) is 10.4. The van der Waals surface area contributed by atoms with Gasteiger partial charge in [0.25, 0.3) is 11.8 Å². The van der Waals surface area contributed by atoms with Crippen molar-refractivity contribution in [3.63, 3.8) is 0 Å². The molecule has 5 aromatic rings. The number of hydrogen-bond donors (Lipinski definition) is 1. The lowest BCUT2D eigenvalue weighted by atomic mass is 10.2. The molecule has 0 radical (unpaired) electrons. The highest BCUT2D eigenvalue weighted by molar-refractivity contribution is 9.10. The molecule has 0 atom stereocenters. The number of rotatable bonds is 5. The summed E-state index contributed by atoms with van der Waals surface area (Å²) in [6.07, 6.45) is 1.61. The lowest BCUT2D eigenvalue weighted by molar-refractivity contribution is 0.102. The van der Waals surface area contributed by atoms with Gasteiger partial charge >= 0.3 is 0 Å². The number of carbonyl (C=O) groups excluding carboxylic acids is 1. The molecule has 0 saturated carbocycles. The Bertz CT molecular complexity index is 1470. The maximum absolute atomic E-state index is 13.0. The number of fused-ring (bicyclic) bond motifs is 3. The van der Waals surface area contributed by atoms with E-state index in [1.165, 1.54) is 0 Å². The molecule has 0 unspecified atom stereocenters. The number of nitrogens with one attached hydrogen (secondary N) is 1. The van der Waals surface area contributed by atoms with Crippen molar-refractivity contribution in [2.45, 2.75) is 0 Å². The van der Waals surface area contributed by atoms with Crippen molar-refractivity contribution < 1.29 is 14.3 Å². The van der Waals surface area contributed by atoms with Gasteiger partial charge in [-0.2, -0.15) is 0 Å². The van der Waals surface area contributed by atoms with E-state index in [-0.39, 0.29) is 11.8 Å². The molecule has 3 aromatic carbocycles. The van der Waals surface area contributed by atoms with Crippen LogP contribution in [0.4, 0.5) is 5.69 Å². The number of hydrogen-bond acceptors (Lipinski definition) is 6. The van der Waals surface area contributed by atoms with Crippen LogP contribution in [0.2, 0.25) is 0 Å². The van der Waals surface area contributed by atoms with Crippen LogP contribution in [0, 0.1) is 0 Å². The lowest BCUT2D eigenvalue weighted by Gasteiger charge is -2.13. The summed E-state index contributed by atoms with van der Waals surface area (Å²) >= 11 is 3.42. The summed E-state index contributed by atoms with van der Waals surface area (Å²) in [7, 11) is 1.55. The molecule has 32 heavy (non-hydrogen) atoms. The first-order chi connectivity index (χ1) is 15.6. The molecule has 2 aromatic heterocycles. The quantitative estimate of drug-likeness (QED) is 0.369. The molecule has 2 heterocycles. The molecule has 158 valence electrons. The van der Waals surface area contributed by atoms with Gasteiger partial charge in [0.05, 0.1) is 29.4 Å². The molecule has 1 N–H and O–H groups in total. The summed E-state index contributed by atoms with van der Waals surface area (Å²) in [5.74, 6) is 0.973. The molecular formula is C23H16BrN5O3. The monoisotopic (exact) mass is 489 g/mol. The van der Waals surface area contributed by atoms with Crippen LogP contribution in [0.5, 0.6) is 17.4 Å². The number of aromatic nitrogens is 4. The Morgan fingerprint density at radius 2 is 1.88 bits per heavy atom. The molecule has 0 fully saturated rings. The zero-order valence-corrected chi connectivity index (χ0v) is 18.4. The fraction of sp³-hybridized carbons (Fsp3) is 0.0435. The summed E-state index contributed by atoms with van der Waals surface area (Å²) < 4.78 is 13.8. The molecule has 0 aliphatic heterocycles. The van der Waals surface area contributed by atoms with E-state index >= 15 is 0 Å². The zero-order valence-electron chi connectivity index (χ0n) is 16.8. The summed E-state index contributed by atoms with van der Waals surface area (Å²) in [5, 5.41) is 11.0. The summed E-state index contributed by atoms with van der Waals surface area (Å²) in [6.45, 7) is 0. The Morgan fingerprint density at radius 1 is 1.06 bits per heavy atom. The van der Waals surface area contributed by atoms with Gasteiger partial charge in [-0.3, -0.25) is 9.20 Å². The van der Waals surface area contributed by atoms with Gasteiger partial charge in [0.15, 0.2) is 5.75 Å². The van der Waals surface area contributed by atoms with E-state index in [4.69, 9.17) is 9.47 Å². The van der Waals surface area contributed by atoms with Crippen molar-refractivity contribution >= 4 is 44.2 Å². The second kappa shape index (κ2) is 8.27. The molecule has 8 nitrogen and oxygen atoms in total. The smallest absolute Gasteiger partial charge is 0.266 e. The average Bonchev–Trinajstić information content (AvgIpc) is 3.31. The summed E-state index contributed by atoms with van der Waals surface area (Å²) in [5.41, 5.74) is 2.99. The van der Waals surface area contributed by atoms with Crippen molar-refractivity contribution in [1.82, 2.24) is 19.6 Å². The van der Waals surface area contributed by atoms with E-state index in [1.807, 2.05) is 40.8 Å². The fourth-order valence-corrected chi connectivity index (χ4v) is 3.73. The molecule has 0 saturated heterocycles. The van der Waals surface area contributed by atoms with Crippen LogP contribution in [-0.4, -0.2) is 32.6 Å². The average molecular weight is 490 g/mol. The van der Waals surface area contributed by atoms with E-state index in [1.54, 1.807) is 43.8 Å². The van der Waals surface area contributed by atoms with E-state index in [9.17, 15) is 4.79 Å². The highest BCUT2D eigenvalue weighted by Gasteiger charge is 2.17. The Morgan fingerprint density at radius 3 is 2.75 bits per heavy atom. The fourth-order valence-electron chi connectivity index (χ4n) is 3.31. The predicted molar refractivity (Wildman–Crippen MR) is 123 cm³/mol. The third-order valence-electron chi connectivity index (χ3n) is 4.86. The number of ether oxygens (including phenoxy) is 2. The topological polar surface area (TPSA) is 90.6 Å². The van der Waals surface area contributed by atoms with Crippen molar-refractivity contribution in [2.24, 2.45) is 0 Å². The van der Waals surface area contributed by atoms with Crippen LogP contribution in [0.1, 0.15) is 10.4 Å². The number of nitrogens with zero attached hydrogens (tertiary/aromatic N) is 4. The first kappa shape index (κ1) is 20.0. The first-order valence-electron chi connectivity index (χ1n) is 9.64. The maximum Gasteiger partial charge on any atom is 0.266 e. The van der Waals surface area contributed by atoms with E-state index < -0.39 is 0 Å². The third-order valence-corrected chi connectivity index (χ3v) is 5.55. The van der Waals surface area contributed by atoms with Gasteiger partial charge in [0.1, 0.15) is 12.1 Å². The molecule has 1 amide bonds. The van der Waals surface area contributed by atoms with Gasteiger partial charge in [-0.25, -0.2) is 4.98 Å². The van der Waals surface area contributed by atoms with Gasteiger partial charge in [0.2, 0.25) is 5.65 Å². The summed E-state index contributed by atoms with van der Waals surface area (Å²) in [6, 6.07) is 20.0. The lowest BCUT2D eigenvalue weighted by Crippen LogP contribution is -2.13. The van der Waals surface area contributed by atoms with Gasteiger partial charge < -0.3 is 14.8 Å². The van der Waals surface area contributed by atoms with Crippen LogP contribution in [0.3, 0.4) is 0 Å². The Kier molecular flexibility index (Phi) is 5.16. The number of methoxy groups -OCH3 is 1. The van der Waals surface area contributed by atoms with Crippen LogP contribution in [-0.2, 0) is 0 Å². The SMILES string of the molecule is COc1ccc(Br)c(C(=O)Nc2ccccc2Oc2nc3ccccc3n3cnnc23)c1. The van der Waals surface area contributed by atoms with E-state index in [0.29, 0.717) is 32.9 Å². The number of carbonyl (C=O) groups is 1. The predicted octanol–water partition coefficient (Wildman–Crippen LogP) is 5.09. The van der Waals surface area contributed by atoms with Gasteiger partial charge in [-0.1, -0.05) is 24.3 Å². The number of halogens is 1. The number of para-hydroxylation sites is 4. The Labute approximate surface area is 191 Å². The molecule has 0 aliphatic rings. The second-order valence-electron chi connectivity index (χ2n) is 6.83. The summed E-state index contributed by atoms with van der Waals surface area (Å²) in [4.78, 5) is 17.6. The van der Waals surface area contributed by atoms with Gasteiger partial charge in [-0.15, -0.1) is 10.2 Å². The number of amides is 1. The minimum Gasteiger partial charge on any atom is -0.497 e. The molecule has 9 heteroatoms. The van der Waals surface area contributed by atoms with Gasteiger partial charge in [0, 0.05) is 4.47 Å². The van der Waals surface area contributed by atoms with Crippen molar-refractivity contribution in [3.8, 4) is 17.4 Å².